The van der Waals surface area contributed by atoms with Gasteiger partial charge in [0.1, 0.15) is 5.92 Å². The van der Waals surface area contributed by atoms with Gasteiger partial charge in [0.15, 0.2) is 0 Å². The number of benzene rings is 1. The molecule has 3 rings (SSSR count). The maximum atomic E-state index is 12.7. The van der Waals surface area contributed by atoms with Gasteiger partial charge in [-0.15, -0.1) is 0 Å². The zero-order valence-electron chi connectivity index (χ0n) is 13.3. The predicted molar refractivity (Wildman–Crippen MR) is 87.2 cm³/mol. The second-order valence-corrected chi connectivity index (χ2v) is 6.05. The van der Waals surface area contributed by atoms with Crippen LogP contribution in [0.15, 0.2) is 35.4 Å². The lowest BCUT2D eigenvalue weighted by Gasteiger charge is -2.14. The van der Waals surface area contributed by atoms with Gasteiger partial charge in [-0.1, -0.05) is 26.0 Å². The summed E-state index contributed by atoms with van der Waals surface area (Å²) in [5.41, 5.74) is 4.48. The number of carbonyl (C=O) groups is 1. The van der Waals surface area contributed by atoms with E-state index in [9.17, 15) is 4.79 Å². The fraction of sp³-hybridized carbons (Fsp3) is 0.353. The molecule has 0 saturated heterocycles. The van der Waals surface area contributed by atoms with Crippen LogP contribution in [0.5, 0.6) is 0 Å². The van der Waals surface area contributed by atoms with E-state index in [-0.39, 0.29) is 5.91 Å². The van der Waals surface area contributed by atoms with Crippen molar-refractivity contribution in [1.29, 1.82) is 0 Å². The summed E-state index contributed by atoms with van der Waals surface area (Å²) in [4.78, 5) is 12.7. The molecule has 1 amide bonds. The number of carbonyl (C=O) groups excluding carboxylic acids is 1. The number of aromatic amines is 1. The van der Waals surface area contributed by atoms with E-state index in [1.807, 2.05) is 44.2 Å². The summed E-state index contributed by atoms with van der Waals surface area (Å²) in [6, 6.07) is 9.88. The molecule has 1 aromatic heterocycles. The molecule has 0 saturated carbocycles. The topological polar surface area (TPSA) is 61.4 Å². The highest BCUT2D eigenvalue weighted by molar-refractivity contribution is 6.18. The first-order chi connectivity index (χ1) is 10.5. The molecule has 1 atom stereocenters. The van der Waals surface area contributed by atoms with Crippen molar-refractivity contribution >= 4 is 17.3 Å². The highest BCUT2D eigenvalue weighted by Crippen LogP contribution is 2.30. The van der Waals surface area contributed by atoms with E-state index in [1.165, 1.54) is 10.6 Å². The van der Waals surface area contributed by atoms with Crippen molar-refractivity contribution in [3.63, 3.8) is 0 Å². The molecule has 114 valence electrons. The van der Waals surface area contributed by atoms with Crippen LogP contribution in [0.2, 0.25) is 0 Å². The number of hydrazone groups is 1. The number of rotatable bonds is 3. The first-order valence-electron chi connectivity index (χ1n) is 7.48. The standard InChI is InChI=1S/C17H20N4O/c1-10(2)13-5-7-14(8-6-13)21-17(22)16(12(4)20-21)15-9-11(3)18-19-15/h5-10,16H,1-4H3,(H,18,19). The number of nitrogens with one attached hydrogen (secondary N) is 1. The third-order valence-corrected chi connectivity index (χ3v) is 3.96. The third-order valence-electron chi connectivity index (χ3n) is 3.96. The molecule has 2 aromatic rings. The summed E-state index contributed by atoms with van der Waals surface area (Å²) in [7, 11) is 0. The van der Waals surface area contributed by atoms with Gasteiger partial charge in [-0.3, -0.25) is 9.89 Å². The molecule has 22 heavy (non-hydrogen) atoms. The zero-order valence-corrected chi connectivity index (χ0v) is 13.3. The summed E-state index contributed by atoms with van der Waals surface area (Å²) in [6.45, 7) is 8.09. The van der Waals surface area contributed by atoms with Crippen LogP contribution in [0.4, 0.5) is 5.69 Å². The summed E-state index contributed by atoms with van der Waals surface area (Å²) in [5.74, 6) is 0.0179. The highest BCUT2D eigenvalue weighted by Gasteiger charge is 2.37. The number of aryl methyl sites for hydroxylation is 1. The smallest absolute Gasteiger partial charge is 0.262 e. The molecular weight excluding hydrogens is 276 g/mol. The summed E-state index contributed by atoms with van der Waals surface area (Å²) >= 11 is 0. The SMILES string of the molecule is CC1=NN(c2ccc(C(C)C)cc2)C(=O)C1c1cc(C)[nH]n1. The van der Waals surface area contributed by atoms with Gasteiger partial charge < -0.3 is 0 Å². The fourth-order valence-corrected chi connectivity index (χ4v) is 2.68. The van der Waals surface area contributed by atoms with Crippen LogP contribution in [0.1, 0.15) is 49.6 Å². The Labute approximate surface area is 130 Å². The molecule has 1 aromatic carbocycles. The molecule has 0 bridgehead atoms. The first-order valence-corrected chi connectivity index (χ1v) is 7.48. The van der Waals surface area contributed by atoms with Crippen LogP contribution in [0.25, 0.3) is 0 Å². The number of amides is 1. The molecule has 1 N–H and O–H groups in total. The van der Waals surface area contributed by atoms with Gasteiger partial charge >= 0.3 is 0 Å². The molecule has 0 radical (unpaired) electrons. The number of anilines is 1. The van der Waals surface area contributed by atoms with Gasteiger partial charge in [-0.25, -0.2) is 0 Å². The minimum Gasteiger partial charge on any atom is -0.283 e. The van der Waals surface area contributed by atoms with E-state index >= 15 is 0 Å². The Hall–Kier alpha value is -2.43. The van der Waals surface area contributed by atoms with Crippen LogP contribution in [-0.4, -0.2) is 21.8 Å². The monoisotopic (exact) mass is 296 g/mol. The minimum atomic E-state index is -0.394. The van der Waals surface area contributed by atoms with Crippen molar-refractivity contribution in [1.82, 2.24) is 10.2 Å². The maximum Gasteiger partial charge on any atom is 0.262 e. The number of hydrogen-bond acceptors (Lipinski definition) is 3. The lowest BCUT2D eigenvalue weighted by Crippen LogP contribution is -2.25. The van der Waals surface area contributed by atoms with E-state index in [4.69, 9.17) is 0 Å². The predicted octanol–water partition coefficient (Wildman–Crippen LogP) is 3.35. The molecule has 1 aliphatic rings. The highest BCUT2D eigenvalue weighted by atomic mass is 16.2. The Morgan fingerprint density at radius 1 is 1.18 bits per heavy atom. The average molecular weight is 296 g/mol. The summed E-state index contributed by atoms with van der Waals surface area (Å²) in [6.07, 6.45) is 0. The molecule has 5 nitrogen and oxygen atoms in total. The molecule has 5 heteroatoms. The van der Waals surface area contributed by atoms with Crippen molar-refractivity contribution in [2.24, 2.45) is 5.10 Å². The number of aromatic nitrogens is 2. The minimum absolute atomic E-state index is 0.0544. The van der Waals surface area contributed by atoms with Crippen LogP contribution in [0, 0.1) is 6.92 Å². The molecule has 1 unspecified atom stereocenters. The van der Waals surface area contributed by atoms with Crippen LogP contribution in [-0.2, 0) is 4.79 Å². The van der Waals surface area contributed by atoms with Gasteiger partial charge in [-0.05, 0) is 43.5 Å². The molecule has 0 aliphatic carbocycles. The van der Waals surface area contributed by atoms with Gasteiger partial charge in [0, 0.05) is 5.69 Å². The largest absolute Gasteiger partial charge is 0.283 e. The number of H-pyrrole nitrogens is 1. The molecule has 1 aliphatic heterocycles. The van der Waals surface area contributed by atoms with Crippen molar-refractivity contribution in [3.05, 3.63) is 47.3 Å². The van der Waals surface area contributed by atoms with Crippen molar-refractivity contribution < 1.29 is 4.79 Å². The quantitative estimate of drug-likeness (QED) is 0.944. The van der Waals surface area contributed by atoms with Crippen molar-refractivity contribution in [3.8, 4) is 0 Å². The molecule has 0 spiro atoms. The van der Waals surface area contributed by atoms with E-state index in [1.54, 1.807) is 0 Å². The molecular formula is C17H20N4O. The summed E-state index contributed by atoms with van der Waals surface area (Å²) < 4.78 is 0. The van der Waals surface area contributed by atoms with E-state index in [2.05, 4.69) is 29.1 Å². The normalized spacial score (nSPS) is 18.2. The average Bonchev–Trinajstić information content (AvgIpc) is 3.02. The summed E-state index contributed by atoms with van der Waals surface area (Å²) in [5, 5.41) is 13.0. The van der Waals surface area contributed by atoms with Crippen LogP contribution in [0.3, 0.4) is 0 Å². The molecule has 0 fully saturated rings. The Kier molecular flexibility index (Phi) is 3.56. The lowest BCUT2D eigenvalue weighted by atomic mass is 10.00. The number of hydrogen-bond donors (Lipinski definition) is 1. The van der Waals surface area contributed by atoms with Crippen LogP contribution >= 0.6 is 0 Å². The van der Waals surface area contributed by atoms with E-state index < -0.39 is 5.92 Å². The second-order valence-electron chi connectivity index (χ2n) is 6.05. The zero-order chi connectivity index (χ0) is 15.9. The maximum absolute atomic E-state index is 12.7. The van der Waals surface area contributed by atoms with Crippen molar-refractivity contribution in [2.45, 2.75) is 39.5 Å². The molecule has 2 heterocycles. The Morgan fingerprint density at radius 2 is 1.86 bits per heavy atom. The Morgan fingerprint density at radius 3 is 2.41 bits per heavy atom. The van der Waals surface area contributed by atoms with Gasteiger partial charge in [-0.2, -0.15) is 15.2 Å². The fourth-order valence-electron chi connectivity index (χ4n) is 2.68. The van der Waals surface area contributed by atoms with E-state index in [0.717, 1.165) is 22.8 Å². The van der Waals surface area contributed by atoms with Crippen LogP contribution < -0.4 is 5.01 Å². The van der Waals surface area contributed by atoms with E-state index in [0.29, 0.717) is 5.92 Å². The van der Waals surface area contributed by atoms with Gasteiger partial charge in [0.2, 0.25) is 0 Å². The number of nitrogens with zero attached hydrogens (tertiary/aromatic N) is 3. The third kappa shape index (κ3) is 2.43. The van der Waals surface area contributed by atoms with Crippen molar-refractivity contribution in [2.75, 3.05) is 5.01 Å². The van der Waals surface area contributed by atoms with Gasteiger partial charge in [0.25, 0.3) is 5.91 Å². The second kappa shape index (κ2) is 5.40. The lowest BCUT2D eigenvalue weighted by molar-refractivity contribution is -0.118. The van der Waals surface area contributed by atoms with Gasteiger partial charge in [0.05, 0.1) is 17.1 Å². The Balaban J connectivity index is 1.89. The first kappa shape index (κ1) is 14.5. The Bertz CT molecular complexity index is 727.